The lowest BCUT2D eigenvalue weighted by atomic mass is 9.72. The van der Waals surface area contributed by atoms with Crippen molar-refractivity contribution in [1.29, 1.82) is 0 Å². The number of fused-ring (bicyclic) bond motifs is 4. The highest BCUT2D eigenvalue weighted by atomic mass is 14.7. The Morgan fingerprint density at radius 3 is 1.79 bits per heavy atom. The van der Waals surface area contributed by atoms with Crippen molar-refractivity contribution in [1.82, 2.24) is 4.98 Å². The smallest absolute Gasteiger partial charge is 0.0460 e. The minimum Gasteiger partial charge on any atom is -0.260 e. The summed E-state index contributed by atoms with van der Waals surface area (Å²) in [6.45, 7) is 15.8. The molecule has 1 aromatic rings. The zero-order chi connectivity index (χ0) is 24.3. The first-order valence-electron chi connectivity index (χ1n) is 14.8. The standard InChI is InChI=1S/C18H25N.2C7H16/c1-17(2,3)15-10-14-13(11-19-15)5-4-12-6-7-18(8-9-18)16(12)14;2*1-3-5-7-6-4-2/h10-12,16H,4-9H2,1-3H3;2*3-7H2,1-2H3. The van der Waals surface area contributed by atoms with E-state index in [1.807, 2.05) is 0 Å². The van der Waals surface area contributed by atoms with Crippen molar-refractivity contribution >= 4 is 0 Å². The van der Waals surface area contributed by atoms with Crippen LogP contribution in [0, 0.1) is 11.3 Å². The summed E-state index contributed by atoms with van der Waals surface area (Å²) in [5.74, 6) is 1.85. The van der Waals surface area contributed by atoms with Crippen molar-refractivity contribution in [3.63, 3.8) is 0 Å². The molecule has 190 valence electrons. The fourth-order valence-electron chi connectivity index (χ4n) is 6.01. The molecule has 2 saturated carbocycles. The molecule has 2 atom stereocenters. The average molecular weight is 456 g/mol. The molecule has 1 nitrogen and oxygen atoms in total. The maximum atomic E-state index is 4.75. The van der Waals surface area contributed by atoms with E-state index in [9.17, 15) is 0 Å². The normalized spacial score (nSPS) is 21.9. The van der Waals surface area contributed by atoms with Crippen LogP contribution in [0.4, 0.5) is 0 Å². The molecule has 0 bridgehead atoms. The van der Waals surface area contributed by atoms with Gasteiger partial charge >= 0.3 is 0 Å². The lowest BCUT2D eigenvalue weighted by molar-refractivity contribution is 0.354. The first-order chi connectivity index (χ1) is 15.8. The molecule has 3 aliphatic rings. The zero-order valence-corrected chi connectivity index (χ0v) is 23.6. The molecule has 2 fully saturated rings. The molecular weight excluding hydrogens is 398 g/mol. The molecule has 0 aliphatic heterocycles. The molecule has 0 aromatic carbocycles. The Morgan fingerprint density at radius 1 is 0.788 bits per heavy atom. The van der Waals surface area contributed by atoms with Gasteiger partial charge in [-0.25, -0.2) is 0 Å². The Balaban J connectivity index is 0.000000230. The molecule has 1 aromatic heterocycles. The lowest BCUT2D eigenvalue weighted by Crippen LogP contribution is -2.23. The number of unbranched alkanes of at least 4 members (excludes halogenated alkanes) is 8. The van der Waals surface area contributed by atoms with E-state index in [1.54, 1.807) is 11.1 Å². The van der Waals surface area contributed by atoms with E-state index in [4.69, 9.17) is 4.98 Å². The lowest BCUT2D eigenvalue weighted by Gasteiger charge is -2.33. The maximum Gasteiger partial charge on any atom is 0.0460 e. The number of rotatable bonds is 8. The SMILES string of the molecule is CC(C)(C)c1cc2c(cn1)CCC1CCC3(CC3)C21.CCCCCCC.CCCCCCC. The first kappa shape index (κ1) is 28.4. The molecule has 3 aliphatic carbocycles. The van der Waals surface area contributed by atoms with Gasteiger partial charge in [0.05, 0.1) is 0 Å². The van der Waals surface area contributed by atoms with Crippen molar-refractivity contribution in [3.8, 4) is 0 Å². The van der Waals surface area contributed by atoms with Crippen LogP contribution in [-0.4, -0.2) is 4.98 Å². The summed E-state index contributed by atoms with van der Waals surface area (Å²) >= 11 is 0. The Morgan fingerprint density at radius 2 is 1.33 bits per heavy atom. The summed E-state index contributed by atoms with van der Waals surface area (Å²) in [7, 11) is 0. The van der Waals surface area contributed by atoms with Gasteiger partial charge in [0.15, 0.2) is 0 Å². The fraction of sp³-hybridized carbons (Fsp3) is 0.844. The van der Waals surface area contributed by atoms with Crippen LogP contribution in [0.1, 0.15) is 168 Å². The third kappa shape index (κ3) is 8.40. The number of hydrogen-bond acceptors (Lipinski definition) is 1. The second-order valence-corrected chi connectivity index (χ2v) is 12.3. The monoisotopic (exact) mass is 455 g/mol. The Kier molecular flexibility index (Phi) is 11.9. The first-order valence-corrected chi connectivity index (χ1v) is 14.8. The van der Waals surface area contributed by atoms with E-state index in [0.29, 0.717) is 0 Å². The zero-order valence-electron chi connectivity index (χ0n) is 23.6. The highest BCUT2D eigenvalue weighted by molar-refractivity contribution is 5.39. The molecule has 2 unspecified atom stereocenters. The Bertz CT molecular complexity index is 646. The topological polar surface area (TPSA) is 12.9 Å². The largest absolute Gasteiger partial charge is 0.260 e. The Labute approximate surface area is 207 Å². The second-order valence-electron chi connectivity index (χ2n) is 12.3. The van der Waals surface area contributed by atoms with E-state index >= 15 is 0 Å². The predicted octanol–water partition coefficient (Wildman–Crippen LogP) is 10.6. The quantitative estimate of drug-likeness (QED) is 0.355. The van der Waals surface area contributed by atoms with Crippen LogP contribution in [-0.2, 0) is 11.8 Å². The van der Waals surface area contributed by atoms with Gasteiger partial charge in [0.25, 0.3) is 0 Å². The molecular formula is C32H57N. The van der Waals surface area contributed by atoms with Gasteiger partial charge in [-0.1, -0.05) is 113 Å². The van der Waals surface area contributed by atoms with Gasteiger partial charge in [0.2, 0.25) is 0 Å². The minimum absolute atomic E-state index is 0.178. The molecule has 0 radical (unpaired) electrons. The highest BCUT2D eigenvalue weighted by Crippen LogP contribution is 2.69. The molecule has 1 heterocycles. The molecule has 4 rings (SSSR count). The van der Waals surface area contributed by atoms with E-state index in [1.165, 1.54) is 108 Å². The van der Waals surface area contributed by atoms with Crippen molar-refractivity contribution in [2.45, 2.75) is 163 Å². The van der Waals surface area contributed by atoms with Crippen molar-refractivity contribution < 1.29 is 0 Å². The molecule has 0 saturated heterocycles. The van der Waals surface area contributed by atoms with Gasteiger partial charge in [0.1, 0.15) is 0 Å². The van der Waals surface area contributed by atoms with Crippen LogP contribution in [0.5, 0.6) is 0 Å². The summed E-state index contributed by atoms with van der Waals surface area (Å²) in [6.07, 6.45) is 24.8. The van der Waals surface area contributed by atoms with Gasteiger partial charge in [0, 0.05) is 17.3 Å². The maximum absolute atomic E-state index is 4.75. The van der Waals surface area contributed by atoms with Crippen LogP contribution < -0.4 is 0 Å². The van der Waals surface area contributed by atoms with E-state index in [0.717, 1.165) is 17.3 Å². The molecule has 1 spiro atoms. The number of pyridine rings is 1. The van der Waals surface area contributed by atoms with E-state index in [-0.39, 0.29) is 5.41 Å². The van der Waals surface area contributed by atoms with Crippen LogP contribution in [0.2, 0.25) is 0 Å². The second kappa shape index (κ2) is 13.9. The number of aromatic nitrogens is 1. The van der Waals surface area contributed by atoms with Crippen LogP contribution in [0.15, 0.2) is 12.3 Å². The van der Waals surface area contributed by atoms with Crippen molar-refractivity contribution in [3.05, 3.63) is 29.1 Å². The summed E-state index contributed by atoms with van der Waals surface area (Å²) in [6, 6.07) is 2.47. The third-order valence-corrected chi connectivity index (χ3v) is 8.36. The average Bonchev–Trinajstić information content (AvgIpc) is 3.48. The molecule has 1 heteroatoms. The van der Waals surface area contributed by atoms with Gasteiger partial charge in [-0.2, -0.15) is 0 Å². The van der Waals surface area contributed by atoms with Crippen LogP contribution in [0.3, 0.4) is 0 Å². The van der Waals surface area contributed by atoms with Gasteiger partial charge in [-0.05, 0) is 73.0 Å². The summed E-state index contributed by atoms with van der Waals surface area (Å²) in [5.41, 5.74) is 5.43. The van der Waals surface area contributed by atoms with E-state index in [2.05, 4.69) is 60.7 Å². The number of hydrogen-bond donors (Lipinski definition) is 0. The summed E-state index contributed by atoms with van der Waals surface area (Å²) in [4.78, 5) is 4.75. The molecule has 33 heavy (non-hydrogen) atoms. The molecule has 0 amide bonds. The van der Waals surface area contributed by atoms with Gasteiger partial charge in [-0.15, -0.1) is 0 Å². The predicted molar refractivity (Wildman–Crippen MR) is 147 cm³/mol. The van der Waals surface area contributed by atoms with Crippen LogP contribution >= 0.6 is 0 Å². The highest BCUT2D eigenvalue weighted by Gasteiger charge is 2.57. The van der Waals surface area contributed by atoms with E-state index < -0.39 is 0 Å². The van der Waals surface area contributed by atoms with Crippen molar-refractivity contribution in [2.75, 3.05) is 0 Å². The number of nitrogens with zero attached hydrogens (tertiary/aromatic N) is 1. The van der Waals surface area contributed by atoms with Gasteiger partial charge in [-0.3, -0.25) is 4.98 Å². The number of aryl methyl sites for hydroxylation is 1. The Hall–Kier alpha value is -0.850. The van der Waals surface area contributed by atoms with Crippen molar-refractivity contribution in [2.24, 2.45) is 11.3 Å². The molecule has 0 N–H and O–H groups in total. The van der Waals surface area contributed by atoms with Crippen LogP contribution in [0.25, 0.3) is 0 Å². The third-order valence-electron chi connectivity index (χ3n) is 8.36. The summed E-state index contributed by atoms with van der Waals surface area (Å²) < 4.78 is 0. The summed E-state index contributed by atoms with van der Waals surface area (Å²) in [5, 5.41) is 0. The fourth-order valence-corrected chi connectivity index (χ4v) is 6.01. The minimum atomic E-state index is 0.178. The van der Waals surface area contributed by atoms with Gasteiger partial charge < -0.3 is 0 Å².